The van der Waals surface area contributed by atoms with E-state index in [1.807, 2.05) is 0 Å². The van der Waals surface area contributed by atoms with E-state index in [1.165, 1.54) is 57.4 Å². The Balaban J connectivity index is 2.04. The van der Waals surface area contributed by atoms with Crippen LogP contribution in [0.15, 0.2) is 48.1 Å². The van der Waals surface area contributed by atoms with Gasteiger partial charge in [-0.15, -0.1) is 0 Å². The van der Waals surface area contributed by atoms with Crippen molar-refractivity contribution >= 4 is 5.57 Å². The van der Waals surface area contributed by atoms with Crippen molar-refractivity contribution in [1.29, 1.82) is 0 Å². The molecule has 0 amide bonds. The molecular weight excluding hydrogens is 372 g/mol. The van der Waals surface area contributed by atoms with E-state index in [0.717, 1.165) is 0 Å². The first-order valence-electron chi connectivity index (χ1n) is 12.2. The SMILES string of the molecule is CCCC1c2ccc(C(C)(C)C)cc2-c2cc(C(C)(C)C)cc(C3=CC(C)=CC3C)c21. The minimum atomic E-state index is 0.124. The van der Waals surface area contributed by atoms with Crippen LogP contribution in [-0.2, 0) is 10.8 Å². The fourth-order valence-electron chi connectivity index (χ4n) is 5.46. The zero-order valence-electron chi connectivity index (χ0n) is 21.1. The van der Waals surface area contributed by atoms with Crippen molar-refractivity contribution in [3.8, 4) is 11.1 Å². The molecule has 4 rings (SSSR count). The molecule has 0 bridgehead atoms. The Labute approximate surface area is 190 Å². The fourth-order valence-corrected chi connectivity index (χ4v) is 5.46. The molecule has 2 aromatic rings. The predicted molar refractivity (Wildman–Crippen MR) is 137 cm³/mol. The van der Waals surface area contributed by atoms with Gasteiger partial charge in [-0.2, -0.15) is 0 Å². The molecule has 2 atom stereocenters. The second kappa shape index (κ2) is 7.51. The molecule has 0 saturated heterocycles. The van der Waals surface area contributed by atoms with Gasteiger partial charge in [0, 0.05) is 11.8 Å². The van der Waals surface area contributed by atoms with Crippen LogP contribution < -0.4 is 0 Å². The first-order chi connectivity index (χ1) is 14.4. The van der Waals surface area contributed by atoms with E-state index in [9.17, 15) is 0 Å². The molecule has 2 unspecified atom stereocenters. The van der Waals surface area contributed by atoms with Crippen molar-refractivity contribution in [1.82, 2.24) is 0 Å². The van der Waals surface area contributed by atoms with Gasteiger partial charge in [0.2, 0.25) is 0 Å². The number of benzene rings is 2. The van der Waals surface area contributed by atoms with Crippen molar-refractivity contribution in [2.75, 3.05) is 0 Å². The Morgan fingerprint density at radius 3 is 1.97 bits per heavy atom. The van der Waals surface area contributed by atoms with Crippen LogP contribution in [0.2, 0.25) is 0 Å². The van der Waals surface area contributed by atoms with Crippen molar-refractivity contribution in [2.24, 2.45) is 5.92 Å². The first kappa shape index (κ1) is 22.1. The molecule has 0 fully saturated rings. The van der Waals surface area contributed by atoms with Gasteiger partial charge in [0.15, 0.2) is 0 Å². The molecule has 2 aliphatic rings. The van der Waals surface area contributed by atoms with E-state index in [-0.39, 0.29) is 10.8 Å². The Morgan fingerprint density at radius 2 is 1.42 bits per heavy atom. The summed E-state index contributed by atoms with van der Waals surface area (Å²) in [6.07, 6.45) is 7.27. The zero-order valence-corrected chi connectivity index (χ0v) is 21.1. The summed E-state index contributed by atoms with van der Waals surface area (Å²) in [6, 6.07) is 12.3. The molecule has 0 radical (unpaired) electrons. The van der Waals surface area contributed by atoms with Gasteiger partial charge in [-0.25, -0.2) is 0 Å². The highest BCUT2D eigenvalue weighted by atomic mass is 14.4. The first-order valence-corrected chi connectivity index (χ1v) is 12.2. The molecule has 2 aliphatic carbocycles. The molecule has 2 aromatic carbocycles. The molecule has 0 saturated carbocycles. The van der Waals surface area contributed by atoms with Gasteiger partial charge in [0.25, 0.3) is 0 Å². The van der Waals surface area contributed by atoms with E-state index in [4.69, 9.17) is 0 Å². The number of allylic oxidation sites excluding steroid dienone is 4. The number of fused-ring (bicyclic) bond motifs is 3. The van der Waals surface area contributed by atoms with Crippen LogP contribution in [0.1, 0.15) is 109 Å². The summed E-state index contributed by atoms with van der Waals surface area (Å²) in [4.78, 5) is 0. The Hall–Kier alpha value is -2.08. The van der Waals surface area contributed by atoms with Gasteiger partial charge >= 0.3 is 0 Å². The van der Waals surface area contributed by atoms with Crippen molar-refractivity contribution in [3.05, 3.63) is 75.9 Å². The maximum absolute atomic E-state index is 2.52. The van der Waals surface area contributed by atoms with Crippen LogP contribution in [0.3, 0.4) is 0 Å². The highest BCUT2D eigenvalue weighted by Crippen LogP contribution is 2.53. The second-order valence-corrected chi connectivity index (χ2v) is 11.9. The van der Waals surface area contributed by atoms with Gasteiger partial charge < -0.3 is 0 Å². The molecule has 0 nitrogen and oxygen atoms in total. The second-order valence-electron chi connectivity index (χ2n) is 11.9. The van der Waals surface area contributed by atoms with Crippen LogP contribution in [0, 0.1) is 5.92 Å². The molecule has 0 spiro atoms. The number of hydrogen-bond donors (Lipinski definition) is 0. The van der Waals surface area contributed by atoms with Gasteiger partial charge in [-0.3, -0.25) is 0 Å². The summed E-state index contributed by atoms with van der Waals surface area (Å²) in [5.41, 5.74) is 13.6. The van der Waals surface area contributed by atoms with Crippen molar-refractivity contribution in [3.63, 3.8) is 0 Å². The third-order valence-corrected chi connectivity index (χ3v) is 7.25. The predicted octanol–water partition coefficient (Wildman–Crippen LogP) is 9.17. The molecule has 31 heavy (non-hydrogen) atoms. The largest absolute Gasteiger partial charge is 0.0743 e. The highest BCUT2D eigenvalue weighted by molar-refractivity contribution is 5.88. The average Bonchev–Trinajstić information content (AvgIpc) is 3.16. The maximum Gasteiger partial charge on any atom is 0.0108 e. The van der Waals surface area contributed by atoms with Crippen molar-refractivity contribution < 1.29 is 0 Å². The van der Waals surface area contributed by atoms with E-state index < -0.39 is 0 Å². The minimum absolute atomic E-state index is 0.124. The summed E-state index contributed by atoms with van der Waals surface area (Å²) in [7, 11) is 0. The van der Waals surface area contributed by atoms with E-state index >= 15 is 0 Å². The van der Waals surface area contributed by atoms with Crippen LogP contribution >= 0.6 is 0 Å². The standard InChI is InChI=1S/C31H40/c1-10-11-24-23-13-12-21(30(4,5)6)16-26(23)28-18-22(31(7,8)9)17-27(29(24)28)25-15-19(2)14-20(25)3/h12-18,20,24H,10-11H2,1-9H3. The van der Waals surface area contributed by atoms with E-state index in [0.29, 0.717) is 11.8 Å². The molecule has 164 valence electrons. The molecule has 0 heterocycles. The van der Waals surface area contributed by atoms with Gasteiger partial charge in [-0.1, -0.05) is 110 Å². The summed E-state index contributed by atoms with van der Waals surface area (Å²) in [5.74, 6) is 0.984. The minimum Gasteiger partial charge on any atom is -0.0743 e. The van der Waals surface area contributed by atoms with Crippen LogP contribution in [-0.4, -0.2) is 0 Å². The Bertz CT molecular complexity index is 1080. The third-order valence-electron chi connectivity index (χ3n) is 7.25. The maximum atomic E-state index is 2.52. The Morgan fingerprint density at radius 1 is 0.806 bits per heavy atom. The van der Waals surface area contributed by atoms with Gasteiger partial charge in [-0.05, 0) is 68.7 Å². The lowest BCUT2D eigenvalue weighted by molar-refractivity contribution is 0.589. The lowest BCUT2D eigenvalue weighted by atomic mass is 9.79. The summed E-state index contributed by atoms with van der Waals surface area (Å²) < 4.78 is 0. The smallest absolute Gasteiger partial charge is 0.0108 e. The quantitative estimate of drug-likeness (QED) is 0.471. The number of rotatable bonds is 3. The summed E-state index contributed by atoms with van der Waals surface area (Å²) >= 11 is 0. The van der Waals surface area contributed by atoms with Gasteiger partial charge in [0.1, 0.15) is 0 Å². The lowest BCUT2D eigenvalue weighted by Crippen LogP contribution is -2.13. The fraction of sp³-hybridized carbons (Fsp3) is 0.484. The molecule has 0 heteroatoms. The Kier molecular flexibility index (Phi) is 5.36. The highest BCUT2D eigenvalue weighted by Gasteiger charge is 2.35. The molecule has 0 aliphatic heterocycles. The average molecular weight is 413 g/mol. The lowest BCUT2D eigenvalue weighted by Gasteiger charge is -2.25. The molecule has 0 N–H and O–H groups in total. The third kappa shape index (κ3) is 3.84. The van der Waals surface area contributed by atoms with E-state index in [2.05, 4.69) is 105 Å². The number of hydrogen-bond acceptors (Lipinski definition) is 0. The summed E-state index contributed by atoms with van der Waals surface area (Å²) in [5, 5.41) is 0. The molecule has 0 aromatic heterocycles. The monoisotopic (exact) mass is 412 g/mol. The topological polar surface area (TPSA) is 0 Å². The van der Waals surface area contributed by atoms with Crippen LogP contribution in [0.5, 0.6) is 0 Å². The summed E-state index contributed by atoms with van der Waals surface area (Å²) in [6.45, 7) is 20.9. The normalized spacial score (nSPS) is 20.4. The van der Waals surface area contributed by atoms with Gasteiger partial charge in [0.05, 0.1) is 0 Å². The molecular formula is C31H40. The van der Waals surface area contributed by atoms with Crippen LogP contribution in [0.25, 0.3) is 16.7 Å². The van der Waals surface area contributed by atoms with Crippen LogP contribution in [0.4, 0.5) is 0 Å². The van der Waals surface area contributed by atoms with Crippen molar-refractivity contribution in [2.45, 2.75) is 91.9 Å². The van der Waals surface area contributed by atoms with E-state index in [1.54, 1.807) is 5.56 Å². The zero-order chi connectivity index (χ0) is 22.7.